The van der Waals surface area contributed by atoms with E-state index in [1.165, 1.54) is 0 Å². The molecule has 1 saturated carbocycles. The van der Waals surface area contributed by atoms with E-state index >= 15 is 0 Å². The molecule has 0 amide bonds. The molecule has 0 radical (unpaired) electrons. The SMILES string of the molecule is CCC(C)(C=O)CNS(=O)(=O)C1CC1. The fourth-order valence-corrected chi connectivity index (χ4v) is 2.53. The second kappa shape index (κ2) is 3.98. The fourth-order valence-electron chi connectivity index (χ4n) is 1.01. The zero-order valence-corrected chi connectivity index (χ0v) is 9.43. The fraction of sp³-hybridized carbons (Fsp3) is 0.889. The summed E-state index contributed by atoms with van der Waals surface area (Å²) >= 11 is 0. The average molecular weight is 219 g/mol. The van der Waals surface area contributed by atoms with Crippen molar-refractivity contribution < 1.29 is 13.2 Å². The van der Waals surface area contributed by atoms with Crippen molar-refractivity contribution in [3.63, 3.8) is 0 Å². The van der Waals surface area contributed by atoms with Gasteiger partial charge in [-0.15, -0.1) is 0 Å². The normalized spacial score (nSPS) is 21.6. The Kier molecular flexibility index (Phi) is 3.32. The van der Waals surface area contributed by atoms with Gasteiger partial charge in [-0.2, -0.15) is 0 Å². The highest BCUT2D eigenvalue weighted by molar-refractivity contribution is 7.90. The van der Waals surface area contributed by atoms with Gasteiger partial charge in [0.05, 0.1) is 5.25 Å². The average Bonchev–Trinajstić information content (AvgIpc) is 2.98. The summed E-state index contributed by atoms with van der Waals surface area (Å²) in [5, 5.41) is -0.213. The molecule has 1 rings (SSSR count). The summed E-state index contributed by atoms with van der Waals surface area (Å²) in [6, 6.07) is 0. The first-order valence-electron chi connectivity index (χ1n) is 4.88. The second-order valence-corrected chi connectivity index (χ2v) is 6.24. The molecule has 1 atom stereocenters. The van der Waals surface area contributed by atoms with Gasteiger partial charge in [-0.1, -0.05) is 13.8 Å². The predicted molar refractivity (Wildman–Crippen MR) is 54.4 cm³/mol. The van der Waals surface area contributed by atoms with Gasteiger partial charge in [0.1, 0.15) is 6.29 Å². The van der Waals surface area contributed by atoms with Crippen molar-refractivity contribution in [2.75, 3.05) is 6.54 Å². The lowest BCUT2D eigenvalue weighted by Gasteiger charge is -2.21. The molecule has 1 fully saturated rings. The molecule has 1 N–H and O–H groups in total. The van der Waals surface area contributed by atoms with E-state index in [1.807, 2.05) is 6.92 Å². The maximum atomic E-state index is 11.4. The van der Waals surface area contributed by atoms with Crippen LogP contribution in [0.25, 0.3) is 0 Å². The third kappa shape index (κ3) is 2.78. The van der Waals surface area contributed by atoms with Gasteiger partial charge < -0.3 is 4.79 Å². The van der Waals surface area contributed by atoms with Gasteiger partial charge in [0.2, 0.25) is 10.0 Å². The first-order chi connectivity index (χ1) is 6.43. The molecule has 1 unspecified atom stereocenters. The van der Waals surface area contributed by atoms with Crippen molar-refractivity contribution in [2.24, 2.45) is 5.41 Å². The molecular weight excluding hydrogens is 202 g/mol. The van der Waals surface area contributed by atoms with Crippen LogP contribution in [0.1, 0.15) is 33.1 Å². The number of carbonyl (C=O) groups excluding carboxylic acids is 1. The number of carbonyl (C=O) groups is 1. The summed E-state index contributed by atoms with van der Waals surface area (Å²) in [4.78, 5) is 10.7. The van der Waals surface area contributed by atoms with Crippen molar-refractivity contribution in [1.29, 1.82) is 0 Å². The lowest BCUT2D eigenvalue weighted by Crippen LogP contribution is -2.37. The molecule has 0 heterocycles. The number of aldehydes is 1. The minimum absolute atomic E-state index is 0.213. The van der Waals surface area contributed by atoms with E-state index in [4.69, 9.17) is 0 Å². The highest BCUT2D eigenvalue weighted by atomic mass is 32.2. The number of sulfonamides is 1. The first-order valence-corrected chi connectivity index (χ1v) is 6.43. The zero-order valence-electron chi connectivity index (χ0n) is 8.62. The van der Waals surface area contributed by atoms with Crippen LogP contribution in [0.3, 0.4) is 0 Å². The molecule has 82 valence electrons. The van der Waals surface area contributed by atoms with E-state index < -0.39 is 15.4 Å². The molecule has 14 heavy (non-hydrogen) atoms. The summed E-state index contributed by atoms with van der Waals surface area (Å²) in [6.07, 6.45) is 2.96. The molecule has 0 aliphatic heterocycles. The Bertz CT molecular complexity index is 308. The van der Waals surface area contributed by atoms with E-state index in [0.717, 1.165) is 19.1 Å². The van der Waals surface area contributed by atoms with E-state index in [9.17, 15) is 13.2 Å². The molecule has 0 aromatic rings. The third-order valence-corrected chi connectivity index (χ3v) is 4.63. The molecular formula is C9H17NO3S. The van der Waals surface area contributed by atoms with Crippen LogP contribution in [0.15, 0.2) is 0 Å². The number of nitrogens with one attached hydrogen (secondary N) is 1. The minimum Gasteiger partial charge on any atom is -0.303 e. The standard InChI is InChI=1S/C9H17NO3S/c1-3-9(2,7-11)6-10-14(12,13)8-4-5-8/h7-8,10H,3-6H2,1-2H3. The topological polar surface area (TPSA) is 63.2 Å². The van der Waals surface area contributed by atoms with E-state index in [1.54, 1.807) is 6.92 Å². The summed E-state index contributed by atoms with van der Waals surface area (Å²) in [5.74, 6) is 0. The number of hydrogen-bond donors (Lipinski definition) is 1. The molecule has 0 aromatic carbocycles. The molecule has 5 heteroatoms. The van der Waals surface area contributed by atoms with Gasteiger partial charge in [-0.05, 0) is 19.3 Å². The van der Waals surface area contributed by atoms with Crippen LogP contribution < -0.4 is 4.72 Å². The van der Waals surface area contributed by atoms with Crippen molar-refractivity contribution in [1.82, 2.24) is 4.72 Å². The van der Waals surface area contributed by atoms with Crippen LogP contribution in [-0.2, 0) is 14.8 Å². The molecule has 0 bridgehead atoms. The van der Waals surface area contributed by atoms with Crippen LogP contribution in [0.2, 0.25) is 0 Å². The zero-order chi connectivity index (χ0) is 10.8. The molecule has 1 aliphatic carbocycles. The number of hydrogen-bond acceptors (Lipinski definition) is 3. The van der Waals surface area contributed by atoms with Crippen LogP contribution in [0.5, 0.6) is 0 Å². The highest BCUT2D eigenvalue weighted by Gasteiger charge is 2.36. The Balaban J connectivity index is 2.50. The van der Waals surface area contributed by atoms with Crippen LogP contribution in [0, 0.1) is 5.41 Å². The summed E-state index contributed by atoms with van der Waals surface area (Å²) < 4.78 is 25.4. The monoisotopic (exact) mass is 219 g/mol. The Labute approximate surface area is 85.1 Å². The first kappa shape index (κ1) is 11.7. The van der Waals surface area contributed by atoms with Crippen LogP contribution in [-0.4, -0.2) is 26.5 Å². The molecule has 4 nitrogen and oxygen atoms in total. The van der Waals surface area contributed by atoms with Gasteiger partial charge in [0.15, 0.2) is 0 Å². The molecule has 0 aromatic heterocycles. The van der Waals surface area contributed by atoms with Gasteiger partial charge in [0, 0.05) is 12.0 Å². The van der Waals surface area contributed by atoms with E-state index in [0.29, 0.717) is 6.42 Å². The number of rotatable bonds is 6. The van der Waals surface area contributed by atoms with Gasteiger partial charge in [0.25, 0.3) is 0 Å². The van der Waals surface area contributed by atoms with Crippen molar-refractivity contribution >= 4 is 16.3 Å². The maximum absolute atomic E-state index is 11.4. The Morgan fingerprint density at radius 1 is 1.50 bits per heavy atom. The van der Waals surface area contributed by atoms with E-state index in [-0.39, 0.29) is 11.8 Å². The molecule has 0 saturated heterocycles. The molecule has 1 aliphatic rings. The summed E-state index contributed by atoms with van der Waals surface area (Å²) in [7, 11) is -3.15. The van der Waals surface area contributed by atoms with Crippen molar-refractivity contribution in [2.45, 2.75) is 38.4 Å². The third-order valence-electron chi connectivity index (χ3n) is 2.73. The Morgan fingerprint density at radius 2 is 2.07 bits per heavy atom. The van der Waals surface area contributed by atoms with E-state index in [2.05, 4.69) is 4.72 Å². The second-order valence-electron chi connectivity index (χ2n) is 4.19. The van der Waals surface area contributed by atoms with Gasteiger partial charge >= 0.3 is 0 Å². The summed E-state index contributed by atoms with van der Waals surface area (Å²) in [6.45, 7) is 3.85. The van der Waals surface area contributed by atoms with Crippen LogP contribution in [0.4, 0.5) is 0 Å². The van der Waals surface area contributed by atoms with Crippen LogP contribution >= 0.6 is 0 Å². The van der Waals surface area contributed by atoms with Gasteiger partial charge in [-0.25, -0.2) is 13.1 Å². The largest absolute Gasteiger partial charge is 0.303 e. The molecule has 0 spiro atoms. The van der Waals surface area contributed by atoms with Gasteiger partial charge in [-0.3, -0.25) is 0 Å². The minimum atomic E-state index is -3.15. The van der Waals surface area contributed by atoms with Crippen molar-refractivity contribution in [3.8, 4) is 0 Å². The Hall–Kier alpha value is -0.420. The van der Waals surface area contributed by atoms with Crippen molar-refractivity contribution in [3.05, 3.63) is 0 Å². The predicted octanol–water partition coefficient (Wildman–Crippen LogP) is 0.683. The highest BCUT2D eigenvalue weighted by Crippen LogP contribution is 2.28. The lowest BCUT2D eigenvalue weighted by atomic mass is 9.90. The quantitative estimate of drug-likeness (QED) is 0.668. The summed E-state index contributed by atoms with van der Waals surface area (Å²) in [5.41, 5.74) is -0.567. The Morgan fingerprint density at radius 3 is 2.43 bits per heavy atom. The maximum Gasteiger partial charge on any atom is 0.214 e. The lowest BCUT2D eigenvalue weighted by molar-refractivity contribution is -0.115. The smallest absolute Gasteiger partial charge is 0.214 e.